The lowest BCUT2D eigenvalue weighted by atomic mass is 10.3. The number of aromatic hydroxyl groups is 1. The van der Waals surface area contributed by atoms with Gasteiger partial charge in [0, 0.05) is 13.1 Å². The number of hydrogen-bond donors (Lipinski definition) is 2. The summed E-state index contributed by atoms with van der Waals surface area (Å²) in [6.45, 7) is 2.27. The Labute approximate surface area is 92.7 Å². The third kappa shape index (κ3) is 1.45. The molecule has 2 aromatic heterocycles. The molecule has 1 fully saturated rings. The van der Waals surface area contributed by atoms with E-state index in [-0.39, 0.29) is 12.0 Å². The Balaban J connectivity index is 2.09. The number of ether oxygens (including phenoxy) is 1. The summed E-state index contributed by atoms with van der Waals surface area (Å²) in [5.41, 5.74) is 0.879. The van der Waals surface area contributed by atoms with Crippen LogP contribution in [0.2, 0.25) is 0 Å². The van der Waals surface area contributed by atoms with Crippen molar-refractivity contribution >= 4 is 5.52 Å². The van der Waals surface area contributed by atoms with E-state index in [1.54, 1.807) is 22.7 Å². The number of morpholine rings is 1. The molecule has 1 atom stereocenters. The summed E-state index contributed by atoms with van der Waals surface area (Å²) in [5, 5.41) is 13.1. The standard InChI is InChI=1S/C11H13N3O2/c15-10-3-1-2-8-6-13-11(14(8)10)9-7-12-4-5-16-9/h1-3,6,9,12,15H,4-5,7H2. The van der Waals surface area contributed by atoms with E-state index in [1.807, 2.05) is 6.07 Å². The second-order valence-electron chi connectivity index (χ2n) is 3.82. The van der Waals surface area contributed by atoms with E-state index in [1.165, 1.54) is 0 Å². The Hall–Kier alpha value is -1.59. The van der Waals surface area contributed by atoms with Crippen LogP contribution in [0.4, 0.5) is 0 Å². The molecular weight excluding hydrogens is 206 g/mol. The minimum atomic E-state index is -0.0930. The summed E-state index contributed by atoms with van der Waals surface area (Å²) in [7, 11) is 0. The number of nitrogens with zero attached hydrogens (tertiary/aromatic N) is 2. The molecule has 0 saturated carbocycles. The maximum absolute atomic E-state index is 9.82. The smallest absolute Gasteiger partial charge is 0.197 e. The van der Waals surface area contributed by atoms with Crippen LogP contribution in [0.15, 0.2) is 24.4 Å². The second kappa shape index (κ2) is 3.77. The fraction of sp³-hybridized carbons (Fsp3) is 0.364. The van der Waals surface area contributed by atoms with Crippen molar-refractivity contribution in [2.75, 3.05) is 19.7 Å². The van der Waals surface area contributed by atoms with Crippen molar-refractivity contribution in [3.8, 4) is 5.88 Å². The Bertz CT molecular complexity index is 503. The maximum Gasteiger partial charge on any atom is 0.197 e. The van der Waals surface area contributed by atoms with Gasteiger partial charge in [-0.25, -0.2) is 4.98 Å². The van der Waals surface area contributed by atoms with Crippen LogP contribution in [-0.4, -0.2) is 34.2 Å². The zero-order valence-corrected chi connectivity index (χ0v) is 8.76. The topological polar surface area (TPSA) is 58.8 Å². The Kier molecular flexibility index (Phi) is 2.27. The number of imidazole rings is 1. The van der Waals surface area contributed by atoms with Gasteiger partial charge in [0.25, 0.3) is 0 Å². The van der Waals surface area contributed by atoms with Gasteiger partial charge in [-0.15, -0.1) is 0 Å². The van der Waals surface area contributed by atoms with Crippen molar-refractivity contribution in [1.29, 1.82) is 0 Å². The van der Waals surface area contributed by atoms with Crippen molar-refractivity contribution in [2.24, 2.45) is 0 Å². The molecule has 0 amide bonds. The molecule has 2 N–H and O–H groups in total. The highest BCUT2D eigenvalue weighted by molar-refractivity contribution is 5.49. The van der Waals surface area contributed by atoms with Crippen LogP contribution >= 0.6 is 0 Å². The van der Waals surface area contributed by atoms with Gasteiger partial charge in [0.2, 0.25) is 0 Å². The van der Waals surface area contributed by atoms with Gasteiger partial charge < -0.3 is 15.2 Å². The molecule has 1 aliphatic rings. The van der Waals surface area contributed by atoms with Gasteiger partial charge in [-0.1, -0.05) is 6.07 Å². The molecule has 84 valence electrons. The number of fused-ring (bicyclic) bond motifs is 1. The minimum Gasteiger partial charge on any atom is -0.494 e. The lowest BCUT2D eigenvalue weighted by Crippen LogP contribution is -2.34. The van der Waals surface area contributed by atoms with E-state index in [9.17, 15) is 5.11 Å². The first kappa shape index (κ1) is 9.62. The van der Waals surface area contributed by atoms with Crippen molar-refractivity contribution in [1.82, 2.24) is 14.7 Å². The molecule has 1 aliphatic heterocycles. The highest BCUT2D eigenvalue weighted by Crippen LogP contribution is 2.23. The summed E-state index contributed by atoms with van der Waals surface area (Å²) in [5.74, 6) is 0.944. The normalized spacial score (nSPS) is 21.4. The largest absolute Gasteiger partial charge is 0.494 e. The molecular formula is C11H13N3O2. The summed E-state index contributed by atoms with van der Waals surface area (Å²) in [6, 6.07) is 5.36. The molecule has 3 rings (SSSR count). The first-order chi connectivity index (χ1) is 7.86. The zero-order chi connectivity index (χ0) is 11.0. The molecule has 1 saturated heterocycles. The summed E-state index contributed by atoms with van der Waals surface area (Å²) < 4.78 is 7.35. The Morgan fingerprint density at radius 1 is 1.50 bits per heavy atom. The number of aromatic nitrogens is 2. The molecule has 1 unspecified atom stereocenters. The van der Waals surface area contributed by atoms with Gasteiger partial charge in [-0.2, -0.15) is 0 Å². The number of nitrogens with one attached hydrogen (secondary N) is 1. The minimum absolute atomic E-state index is 0.0930. The first-order valence-corrected chi connectivity index (χ1v) is 5.34. The average molecular weight is 219 g/mol. The van der Waals surface area contributed by atoms with Crippen LogP contribution in [0.25, 0.3) is 5.52 Å². The van der Waals surface area contributed by atoms with E-state index < -0.39 is 0 Å². The Morgan fingerprint density at radius 3 is 3.25 bits per heavy atom. The molecule has 0 aliphatic carbocycles. The van der Waals surface area contributed by atoms with E-state index in [0.717, 1.165) is 24.4 Å². The van der Waals surface area contributed by atoms with Gasteiger partial charge in [0.15, 0.2) is 5.88 Å². The molecule has 5 nitrogen and oxygen atoms in total. The van der Waals surface area contributed by atoms with Gasteiger partial charge >= 0.3 is 0 Å². The van der Waals surface area contributed by atoms with Crippen molar-refractivity contribution in [3.05, 3.63) is 30.2 Å². The van der Waals surface area contributed by atoms with Crippen LogP contribution in [0.5, 0.6) is 5.88 Å². The summed E-state index contributed by atoms with van der Waals surface area (Å²) >= 11 is 0. The molecule has 0 bridgehead atoms. The van der Waals surface area contributed by atoms with Crippen molar-refractivity contribution in [2.45, 2.75) is 6.10 Å². The zero-order valence-electron chi connectivity index (χ0n) is 8.76. The third-order valence-corrected chi connectivity index (χ3v) is 2.77. The third-order valence-electron chi connectivity index (χ3n) is 2.77. The fourth-order valence-corrected chi connectivity index (χ4v) is 2.01. The van der Waals surface area contributed by atoms with E-state index in [2.05, 4.69) is 10.3 Å². The van der Waals surface area contributed by atoms with Crippen LogP contribution in [0.1, 0.15) is 11.9 Å². The van der Waals surface area contributed by atoms with Gasteiger partial charge in [0.1, 0.15) is 11.9 Å². The fourth-order valence-electron chi connectivity index (χ4n) is 2.01. The predicted octanol–water partition coefficient (Wildman–Crippen LogP) is 0.701. The van der Waals surface area contributed by atoms with Gasteiger partial charge in [0.05, 0.1) is 18.3 Å². The van der Waals surface area contributed by atoms with Crippen LogP contribution in [0, 0.1) is 0 Å². The lowest BCUT2D eigenvalue weighted by molar-refractivity contribution is 0.0215. The highest BCUT2D eigenvalue weighted by Gasteiger charge is 2.21. The van der Waals surface area contributed by atoms with E-state index in [0.29, 0.717) is 6.61 Å². The monoisotopic (exact) mass is 219 g/mol. The summed E-state index contributed by atoms with van der Waals surface area (Å²) in [6.07, 6.45) is 1.65. The van der Waals surface area contributed by atoms with Crippen molar-refractivity contribution < 1.29 is 9.84 Å². The average Bonchev–Trinajstić information content (AvgIpc) is 2.75. The molecule has 2 aromatic rings. The van der Waals surface area contributed by atoms with E-state index >= 15 is 0 Å². The number of hydrogen-bond acceptors (Lipinski definition) is 4. The Morgan fingerprint density at radius 2 is 2.44 bits per heavy atom. The molecule has 0 aromatic carbocycles. The summed E-state index contributed by atoms with van der Waals surface area (Å²) in [4.78, 5) is 4.32. The number of rotatable bonds is 1. The van der Waals surface area contributed by atoms with Crippen LogP contribution < -0.4 is 5.32 Å². The maximum atomic E-state index is 9.82. The highest BCUT2D eigenvalue weighted by atomic mass is 16.5. The van der Waals surface area contributed by atoms with Crippen LogP contribution in [-0.2, 0) is 4.74 Å². The van der Waals surface area contributed by atoms with Gasteiger partial charge in [-0.3, -0.25) is 4.40 Å². The van der Waals surface area contributed by atoms with Gasteiger partial charge in [-0.05, 0) is 12.1 Å². The lowest BCUT2D eigenvalue weighted by Gasteiger charge is -2.22. The molecule has 5 heteroatoms. The van der Waals surface area contributed by atoms with Crippen molar-refractivity contribution in [3.63, 3.8) is 0 Å². The number of pyridine rings is 1. The SMILES string of the molecule is Oc1cccc2cnc(C3CNCCO3)n12. The molecule has 0 spiro atoms. The molecule has 3 heterocycles. The molecule has 0 radical (unpaired) electrons. The quantitative estimate of drug-likeness (QED) is 0.741. The predicted molar refractivity (Wildman–Crippen MR) is 58.4 cm³/mol. The van der Waals surface area contributed by atoms with E-state index in [4.69, 9.17) is 4.74 Å². The van der Waals surface area contributed by atoms with Crippen LogP contribution in [0.3, 0.4) is 0 Å². The first-order valence-electron chi connectivity index (χ1n) is 5.34. The second-order valence-corrected chi connectivity index (χ2v) is 3.82. The molecule has 16 heavy (non-hydrogen) atoms.